The van der Waals surface area contributed by atoms with Gasteiger partial charge in [-0.25, -0.2) is 4.39 Å². The van der Waals surface area contributed by atoms with Crippen LogP contribution in [-0.4, -0.2) is 31.6 Å². The normalized spacial score (nSPS) is 14.4. The predicted molar refractivity (Wildman–Crippen MR) is 89.1 cm³/mol. The van der Waals surface area contributed by atoms with Gasteiger partial charge in [0, 0.05) is 12.6 Å². The monoisotopic (exact) mass is 294 g/mol. The van der Waals surface area contributed by atoms with Crippen molar-refractivity contribution in [3.8, 4) is 0 Å². The van der Waals surface area contributed by atoms with Gasteiger partial charge in [-0.05, 0) is 56.6 Å². The Balaban J connectivity index is 2.62. The van der Waals surface area contributed by atoms with Gasteiger partial charge >= 0.3 is 0 Å². The molecule has 1 rings (SSSR count). The van der Waals surface area contributed by atoms with E-state index in [2.05, 4.69) is 31.0 Å². The summed E-state index contributed by atoms with van der Waals surface area (Å²) in [6.07, 6.45) is 2.22. The minimum Gasteiger partial charge on any atom is -0.313 e. The van der Waals surface area contributed by atoms with E-state index in [4.69, 9.17) is 0 Å². The first-order valence-corrected chi connectivity index (χ1v) is 8.17. The predicted octanol–water partition coefficient (Wildman–Crippen LogP) is 4.15. The first-order chi connectivity index (χ1) is 10.0. The molecule has 0 bridgehead atoms. The van der Waals surface area contributed by atoms with E-state index in [1.807, 2.05) is 19.2 Å². The highest BCUT2D eigenvalue weighted by molar-refractivity contribution is 5.25. The zero-order valence-electron chi connectivity index (χ0n) is 14.2. The third-order valence-electron chi connectivity index (χ3n) is 4.39. The third kappa shape index (κ3) is 5.76. The largest absolute Gasteiger partial charge is 0.313 e. The number of benzene rings is 1. The molecule has 0 spiro atoms. The van der Waals surface area contributed by atoms with Crippen molar-refractivity contribution in [2.24, 2.45) is 5.92 Å². The van der Waals surface area contributed by atoms with Crippen LogP contribution in [-0.2, 0) is 0 Å². The van der Waals surface area contributed by atoms with E-state index in [0.29, 0.717) is 5.56 Å². The molecular formula is C18H31FN2. The van der Waals surface area contributed by atoms with Gasteiger partial charge in [-0.1, -0.05) is 39.3 Å². The average Bonchev–Trinajstić information content (AvgIpc) is 2.49. The van der Waals surface area contributed by atoms with Crippen LogP contribution < -0.4 is 5.32 Å². The molecule has 3 heteroatoms. The van der Waals surface area contributed by atoms with Crippen LogP contribution in [0, 0.1) is 18.7 Å². The van der Waals surface area contributed by atoms with E-state index in [1.54, 1.807) is 13.0 Å². The van der Waals surface area contributed by atoms with Crippen molar-refractivity contribution < 1.29 is 4.39 Å². The van der Waals surface area contributed by atoms with Crippen molar-refractivity contribution in [3.63, 3.8) is 0 Å². The van der Waals surface area contributed by atoms with E-state index >= 15 is 0 Å². The summed E-state index contributed by atoms with van der Waals surface area (Å²) in [7, 11) is 1.95. The molecule has 2 unspecified atom stereocenters. The second-order valence-electron chi connectivity index (χ2n) is 6.05. The fraction of sp³-hybridized carbons (Fsp3) is 0.667. The first kappa shape index (κ1) is 18.1. The Kier molecular flexibility index (Phi) is 7.91. The molecule has 1 N–H and O–H groups in total. The van der Waals surface area contributed by atoms with Crippen LogP contribution >= 0.6 is 0 Å². The second-order valence-corrected chi connectivity index (χ2v) is 6.05. The van der Waals surface area contributed by atoms with Gasteiger partial charge in [0.25, 0.3) is 0 Å². The van der Waals surface area contributed by atoms with Gasteiger partial charge in [-0.3, -0.25) is 0 Å². The van der Waals surface area contributed by atoms with Crippen LogP contribution in [0.1, 0.15) is 50.8 Å². The van der Waals surface area contributed by atoms with Crippen LogP contribution in [0.15, 0.2) is 18.2 Å². The molecule has 1 aromatic rings. The highest BCUT2D eigenvalue weighted by Gasteiger charge is 2.14. The van der Waals surface area contributed by atoms with Crippen molar-refractivity contribution in [1.29, 1.82) is 0 Å². The lowest BCUT2D eigenvalue weighted by Gasteiger charge is -2.26. The minimum absolute atomic E-state index is 0.111. The maximum atomic E-state index is 13.7. The number of rotatable bonds is 9. The maximum absolute atomic E-state index is 13.7. The Hall–Kier alpha value is -0.930. The maximum Gasteiger partial charge on any atom is 0.126 e. The van der Waals surface area contributed by atoms with Crippen LogP contribution in [0.25, 0.3) is 0 Å². The molecule has 0 fully saturated rings. The van der Waals surface area contributed by atoms with Crippen molar-refractivity contribution in [2.75, 3.05) is 26.7 Å². The van der Waals surface area contributed by atoms with Gasteiger partial charge < -0.3 is 10.2 Å². The smallest absolute Gasteiger partial charge is 0.126 e. The topological polar surface area (TPSA) is 15.3 Å². The Morgan fingerprint density at radius 2 is 2.00 bits per heavy atom. The lowest BCUT2D eigenvalue weighted by molar-refractivity contribution is 0.234. The average molecular weight is 294 g/mol. The quantitative estimate of drug-likeness (QED) is 0.736. The highest BCUT2D eigenvalue weighted by atomic mass is 19.1. The van der Waals surface area contributed by atoms with Crippen LogP contribution in [0.2, 0.25) is 0 Å². The molecule has 2 nitrogen and oxygen atoms in total. The SMILES string of the molecule is CCC(C)CN(CC)CCC(NC)c1ccc(C)c(F)c1. The highest BCUT2D eigenvalue weighted by Crippen LogP contribution is 2.20. The van der Waals surface area contributed by atoms with Gasteiger partial charge in [-0.2, -0.15) is 0 Å². The fourth-order valence-electron chi connectivity index (χ4n) is 2.56. The van der Waals surface area contributed by atoms with Crippen molar-refractivity contribution in [3.05, 3.63) is 35.1 Å². The van der Waals surface area contributed by atoms with Gasteiger partial charge in [0.1, 0.15) is 5.82 Å². The molecule has 0 radical (unpaired) electrons. The first-order valence-electron chi connectivity index (χ1n) is 8.17. The molecule has 0 aromatic heterocycles. The van der Waals surface area contributed by atoms with E-state index < -0.39 is 0 Å². The van der Waals surface area contributed by atoms with Gasteiger partial charge in [0.05, 0.1) is 0 Å². The van der Waals surface area contributed by atoms with Crippen LogP contribution in [0.3, 0.4) is 0 Å². The third-order valence-corrected chi connectivity index (χ3v) is 4.39. The standard InChI is InChI=1S/C18H31FN2/c1-6-14(3)13-21(7-2)11-10-18(20-5)16-9-8-15(4)17(19)12-16/h8-9,12,14,18,20H,6-7,10-11,13H2,1-5H3. The summed E-state index contributed by atoms with van der Waals surface area (Å²) in [4.78, 5) is 2.49. The number of hydrogen-bond acceptors (Lipinski definition) is 2. The summed E-state index contributed by atoms with van der Waals surface area (Å²) in [5.74, 6) is 0.620. The molecule has 0 saturated carbocycles. The van der Waals surface area contributed by atoms with E-state index in [-0.39, 0.29) is 11.9 Å². The molecule has 0 amide bonds. The Labute approximate surface area is 129 Å². The Morgan fingerprint density at radius 1 is 1.29 bits per heavy atom. The minimum atomic E-state index is -0.111. The second kappa shape index (κ2) is 9.16. The number of halogens is 1. The van der Waals surface area contributed by atoms with E-state index in [0.717, 1.165) is 37.5 Å². The molecule has 21 heavy (non-hydrogen) atoms. The summed E-state index contributed by atoms with van der Waals surface area (Å²) in [5, 5.41) is 3.32. The lowest BCUT2D eigenvalue weighted by atomic mass is 10.0. The number of hydrogen-bond donors (Lipinski definition) is 1. The van der Waals surface area contributed by atoms with Gasteiger partial charge in [0.15, 0.2) is 0 Å². The summed E-state index contributed by atoms with van der Waals surface area (Å²) in [6, 6.07) is 5.78. The van der Waals surface area contributed by atoms with E-state index in [1.165, 1.54) is 6.42 Å². The molecule has 0 aliphatic heterocycles. The summed E-state index contributed by atoms with van der Waals surface area (Å²) < 4.78 is 13.7. The van der Waals surface area contributed by atoms with Gasteiger partial charge in [-0.15, -0.1) is 0 Å². The summed E-state index contributed by atoms with van der Waals surface area (Å²) in [6.45, 7) is 11.8. The lowest BCUT2D eigenvalue weighted by Crippen LogP contribution is -2.31. The molecular weight excluding hydrogens is 263 g/mol. The fourth-order valence-corrected chi connectivity index (χ4v) is 2.56. The zero-order valence-corrected chi connectivity index (χ0v) is 14.2. The summed E-state index contributed by atoms with van der Waals surface area (Å²) >= 11 is 0. The summed E-state index contributed by atoms with van der Waals surface area (Å²) in [5.41, 5.74) is 1.75. The molecule has 0 aliphatic carbocycles. The number of aryl methyl sites for hydroxylation is 1. The molecule has 0 heterocycles. The molecule has 120 valence electrons. The molecule has 0 saturated heterocycles. The number of nitrogens with one attached hydrogen (secondary N) is 1. The van der Waals surface area contributed by atoms with Gasteiger partial charge in [0.2, 0.25) is 0 Å². The van der Waals surface area contributed by atoms with Crippen molar-refractivity contribution >= 4 is 0 Å². The molecule has 2 atom stereocenters. The molecule has 1 aromatic carbocycles. The van der Waals surface area contributed by atoms with Crippen molar-refractivity contribution in [2.45, 2.75) is 46.6 Å². The Bertz CT molecular complexity index is 420. The zero-order chi connectivity index (χ0) is 15.8. The number of nitrogens with zero attached hydrogens (tertiary/aromatic N) is 1. The van der Waals surface area contributed by atoms with E-state index in [9.17, 15) is 4.39 Å². The van der Waals surface area contributed by atoms with Crippen LogP contribution in [0.4, 0.5) is 4.39 Å². The Morgan fingerprint density at radius 3 is 2.52 bits per heavy atom. The van der Waals surface area contributed by atoms with Crippen LogP contribution in [0.5, 0.6) is 0 Å². The molecule has 0 aliphatic rings. The van der Waals surface area contributed by atoms with Crippen molar-refractivity contribution in [1.82, 2.24) is 10.2 Å².